The Morgan fingerprint density at radius 2 is 2.08 bits per heavy atom. The minimum atomic E-state index is 0. The quantitative estimate of drug-likeness (QED) is 0.777. The fourth-order valence-corrected chi connectivity index (χ4v) is 3.06. The summed E-state index contributed by atoms with van der Waals surface area (Å²) in [5.41, 5.74) is 6.46. The second-order valence-corrected chi connectivity index (χ2v) is 6.14. The number of oxazole rings is 1. The second-order valence-electron chi connectivity index (χ2n) is 6.14. The topological polar surface area (TPSA) is 84.4 Å². The Hall–Kier alpha value is -1.60. The molecule has 1 amide bonds. The highest BCUT2D eigenvalue weighted by molar-refractivity contribution is 5.85. The van der Waals surface area contributed by atoms with Crippen LogP contribution in [-0.4, -0.2) is 42.0 Å². The van der Waals surface area contributed by atoms with Gasteiger partial charge in [0.25, 0.3) is 0 Å². The maximum absolute atomic E-state index is 12.1. The number of carbonyl (C=O) groups excluding carboxylic acids is 1. The van der Waals surface area contributed by atoms with Crippen LogP contribution < -0.4 is 11.1 Å². The van der Waals surface area contributed by atoms with Crippen LogP contribution in [0.5, 0.6) is 0 Å². The molecule has 2 aromatic rings. The monoisotopic (exact) mass is 400 g/mol. The molecule has 1 aliphatic heterocycles. The molecular formula is C18H26Cl2N4O2. The zero-order chi connectivity index (χ0) is 16.8. The number of amides is 1. The van der Waals surface area contributed by atoms with E-state index in [4.69, 9.17) is 10.2 Å². The van der Waals surface area contributed by atoms with Gasteiger partial charge < -0.3 is 15.5 Å². The van der Waals surface area contributed by atoms with Gasteiger partial charge in [0.1, 0.15) is 0 Å². The summed E-state index contributed by atoms with van der Waals surface area (Å²) in [6.45, 7) is 3.34. The normalized spacial score (nSPS) is 17.0. The average Bonchev–Trinajstić information content (AvgIpc) is 3.09. The maximum Gasteiger partial charge on any atom is 0.224 e. The molecule has 8 heteroatoms. The molecule has 3 N–H and O–H groups in total. The molecule has 26 heavy (non-hydrogen) atoms. The number of nitrogens with two attached hydrogens (primary N) is 1. The van der Waals surface area contributed by atoms with Crippen LogP contribution in [0, 0.1) is 5.92 Å². The number of piperidine rings is 1. The van der Waals surface area contributed by atoms with E-state index in [1.807, 2.05) is 30.3 Å². The lowest BCUT2D eigenvalue weighted by atomic mass is 9.97. The summed E-state index contributed by atoms with van der Waals surface area (Å²) in [6, 6.07) is 9.94. The molecule has 0 bridgehead atoms. The number of carbonyl (C=O) groups is 1. The highest BCUT2D eigenvalue weighted by Gasteiger charge is 2.26. The smallest absolute Gasteiger partial charge is 0.224 e. The largest absolute Gasteiger partial charge is 0.439 e. The fraction of sp³-hybridized carbons (Fsp3) is 0.444. The maximum atomic E-state index is 12.1. The highest BCUT2D eigenvalue weighted by atomic mass is 35.5. The van der Waals surface area contributed by atoms with Crippen LogP contribution in [0.15, 0.2) is 40.9 Å². The van der Waals surface area contributed by atoms with Crippen molar-refractivity contribution >= 4 is 30.7 Å². The van der Waals surface area contributed by atoms with Gasteiger partial charge in [0.05, 0.1) is 18.7 Å². The Labute approximate surface area is 166 Å². The van der Waals surface area contributed by atoms with E-state index in [2.05, 4.69) is 15.2 Å². The predicted molar refractivity (Wildman–Crippen MR) is 107 cm³/mol. The number of nitrogens with one attached hydrogen (secondary N) is 1. The predicted octanol–water partition coefficient (Wildman–Crippen LogP) is 2.47. The van der Waals surface area contributed by atoms with Crippen molar-refractivity contribution in [3.05, 3.63) is 42.4 Å². The third-order valence-electron chi connectivity index (χ3n) is 4.29. The summed E-state index contributed by atoms with van der Waals surface area (Å²) in [7, 11) is 0. The zero-order valence-electron chi connectivity index (χ0n) is 14.6. The molecule has 1 fully saturated rings. The Morgan fingerprint density at radius 3 is 2.81 bits per heavy atom. The number of benzene rings is 1. The van der Waals surface area contributed by atoms with E-state index in [1.165, 1.54) is 0 Å². The van der Waals surface area contributed by atoms with Crippen molar-refractivity contribution < 1.29 is 9.21 Å². The SMILES string of the molecule is Cl.Cl.NCCNC(=O)C1CCCN(Cc2ncc(-c3ccccc3)o2)C1. The molecule has 2 heterocycles. The summed E-state index contributed by atoms with van der Waals surface area (Å²) < 4.78 is 5.86. The molecule has 1 saturated heterocycles. The third-order valence-corrected chi connectivity index (χ3v) is 4.29. The Bertz CT molecular complexity index is 666. The number of aromatic nitrogens is 1. The molecule has 1 aliphatic rings. The molecule has 1 aromatic heterocycles. The van der Waals surface area contributed by atoms with E-state index in [1.54, 1.807) is 6.20 Å². The van der Waals surface area contributed by atoms with Gasteiger partial charge in [0.15, 0.2) is 5.76 Å². The summed E-state index contributed by atoms with van der Waals surface area (Å²) in [5, 5.41) is 2.88. The Morgan fingerprint density at radius 1 is 1.31 bits per heavy atom. The van der Waals surface area contributed by atoms with E-state index in [0.717, 1.165) is 37.3 Å². The number of rotatable bonds is 6. The molecule has 144 valence electrons. The molecule has 0 saturated carbocycles. The third kappa shape index (κ3) is 5.99. The summed E-state index contributed by atoms with van der Waals surface area (Å²) in [4.78, 5) is 18.7. The van der Waals surface area contributed by atoms with Gasteiger partial charge in [-0.05, 0) is 19.4 Å². The van der Waals surface area contributed by atoms with Gasteiger partial charge >= 0.3 is 0 Å². The lowest BCUT2D eigenvalue weighted by molar-refractivity contribution is -0.126. The standard InChI is InChI=1S/C18H24N4O2.2ClH/c19-8-9-20-18(23)15-7-4-10-22(12-15)13-17-21-11-16(24-17)14-5-2-1-3-6-14;;/h1-3,5-6,11,15H,4,7-10,12-13,19H2,(H,20,23);2*1H. The molecule has 6 nitrogen and oxygen atoms in total. The minimum absolute atomic E-state index is 0. The zero-order valence-corrected chi connectivity index (χ0v) is 16.2. The molecule has 0 spiro atoms. The van der Waals surface area contributed by atoms with Crippen LogP contribution in [-0.2, 0) is 11.3 Å². The van der Waals surface area contributed by atoms with Crippen molar-refractivity contribution in [1.82, 2.24) is 15.2 Å². The average molecular weight is 401 g/mol. The molecule has 0 radical (unpaired) electrons. The van der Waals surface area contributed by atoms with Crippen molar-refractivity contribution in [2.45, 2.75) is 19.4 Å². The first-order valence-electron chi connectivity index (χ1n) is 8.46. The Balaban J connectivity index is 0.00000169. The van der Waals surface area contributed by atoms with Crippen LogP contribution in [0.25, 0.3) is 11.3 Å². The molecule has 1 unspecified atom stereocenters. The minimum Gasteiger partial charge on any atom is -0.439 e. The lowest BCUT2D eigenvalue weighted by Crippen LogP contribution is -2.43. The number of likely N-dealkylation sites (tertiary alicyclic amines) is 1. The molecule has 3 rings (SSSR count). The molecular weight excluding hydrogens is 375 g/mol. The fourth-order valence-electron chi connectivity index (χ4n) is 3.06. The number of hydrogen-bond donors (Lipinski definition) is 2. The number of halogens is 2. The van der Waals surface area contributed by atoms with Gasteiger partial charge in [-0.2, -0.15) is 0 Å². The van der Waals surface area contributed by atoms with Gasteiger partial charge in [-0.25, -0.2) is 4.98 Å². The van der Waals surface area contributed by atoms with Crippen LogP contribution in [0.2, 0.25) is 0 Å². The van der Waals surface area contributed by atoms with Crippen molar-refractivity contribution in [3.63, 3.8) is 0 Å². The van der Waals surface area contributed by atoms with Crippen LogP contribution >= 0.6 is 24.8 Å². The van der Waals surface area contributed by atoms with Crippen LogP contribution in [0.3, 0.4) is 0 Å². The van der Waals surface area contributed by atoms with Crippen molar-refractivity contribution in [3.8, 4) is 11.3 Å². The molecule has 1 atom stereocenters. The Kier molecular flexibility index (Phi) is 9.65. The number of hydrogen-bond acceptors (Lipinski definition) is 5. The first-order chi connectivity index (χ1) is 11.8. The van der Waals surface area contributed by atoms with Gasteiger partial charge in [0.2, 0.25) is 11.8 Å². The van der Waals surface area contributed by atoms with E-state index < -0.39 is 0 Å². The van der Waals surface area contributed by atoms with Gasteiger partial charge in [-0.1, -0.05) is 30.3 Å². The van der Waals surface area contributed by atoms with Crippen molar-refractivity contribution in [2.24, 2.45) is 11.7 Å². The van der Waals surface area contributed by atoms with Crippen LogP contribution in [0.4, 0.5) is 0 Å². The number of nitrogens with zero attached hydrogens (tertiary/aromatic N) is 2. The van der Waals surface area contributed by atoms with Gasteiger partial charge in [-0.3, -0.25) is 9.69 Å². The van der Waals surface area contributed by atoms with E-state index in [-0.39, 0.29) is 36.6 Å². The summed E-state index contributed by atoms with van der Waals surface area (Å²) in [6.07, 6.45) is 3.70. The summed E-state index contributed by atoms with van der Waals surface area (Å²) >= 11 is 0. The van der Waals surface area contributed by atoms with E-state index in [0.29, 0.717) is 25.5 Å². The lowest BCUT2D eigenvalue weighted by Gasteiger charge is -2.31. The first kappa shape index (κ1) is 22.4. The van der Waals surface area contributed by atoms with Crippen molar-refractivity contribution in [1.29, 1.82) is 0 Å². The van der Waals surface area contributed by atoms with Crippen LogP contribution in [0.1, 0.15) is 18.7 Å². The van der Waals surface area contributed by atoms with Gasteiger partial charge in [-0.15, -0.1) is 24.8 Å². The van der Waals surface area contributed by atoms with E-state index in [9.17, 15) is 4.79 Å². The van der Waals surface area contributed by atoms with Crippen molar-refractivity contribution in [2.75, 3.05) is 26.2 Å². The van der Waals surface area contributed by atoms with E-state index >= 15 is 0 Å². The molecule has 1 aromatic carbocycles. The highest BCUT2D eigenvalue weighted by Crippen LogP contribution is 2.22. The van der Waals surface area contributed by atoms with Gasteiger partial charge in [0, 0.05) is 25.2 Å². The first-order valence-corrected chi connectivity index (χ1v) is 8.46. The molecule has 0 aliphatic carbocycles. The summed E-state index contributed by atoms with van der Waals surface area (Å²) in [5.74, 6) is 1.59. The second kappa shape index (κ2) is 11.2.